The summed E-state index contributed by atoms with van der Waals surface area (Å²) in [5.41, 5.74) is 1.91. The molecule has 2 heterocycles. The Balaban J connectivity index is 0.00000158. The summed E-state index contributed by atoms with van der Waals surface area (Å²) in [4.78, 5) is 8.03. The molecule has 0 aliphatic rings. The molecule has 0 fully saturated rings. The van der Waals surface area contributed by atoms with E-state index in [1.807, 2.05) is 0 Å². The molecule has 16 heteroatoms. The average molecular weight is 562 g/mol. The predicted molar refractivity (Wildman–Crippen MR) is 125 cm³/mol. The molecule has 4 aromatic rings. The van der Waals surface area contributed by atoms with Crippen molar-refractivity contribution in [1.82, 2.24) is 20.2 Å². The molecule has 0 aliphatic heterocycles. The number of pyridine rings is 1. The van der Waals surface area contributed by atoms with Gasteiger partial charge in [0, 0.05) is 17.3 Å². The van der Waals surface area contributed by atoms with Crippen molar-refractivity contribution in [2.45, 2.75) is 9.79 Å². The topological polar surface area (TPSA) is 209 Å². The van der Waals surface area contributed by atoms with Crippen LogP contribution < -0.4 is 35.5 Å². The first-order chi connectivity index (χ1) is 16.1. The van der Waals surface area contributed by atoms with Crippen LogP contribution in [-0.2, 0) is 20.2 Å². The summed E-state index contributed by atoms with van der Waals surface area (Å²) in [5.74, 6) is 3.71. The molecule has 0 aliphatic carbocycles. The first kappa shape index (κ1) is 31.7. The van der Waals surface area contributed by atoms with Gasteiger partial charge < -0.3 is 9.76 Å². The fourth-order valence-electron chi connectivity index (χ4n) is 2.89. The van der Waals surface area contributed by atoms with E-state index in [0.29, 0.717) is 22.5 Å². The number of benzene rings is 2. The van der Waals surface area contributed by atoms with E-state index in [4.69, 9.17) is 5.21 Å². The van der Waals surface area contributed by atoms with Crippen molar-refractivity contribution >= 4 is 32.6 Å². The Bertz CT molecular complexity index is 1510. The Labute approximate surface area is 234 Å². The summed E-state index contributed by atoms with van der Waals surface area (Å²) in [7, 11) is -8.99. The van der Waals surface area contributed by atoms with Gasteiger partial charge in [0.1, 0.15) is 27.2 Å². The molecule has 12 nitrogen and oxygen atoms in total. The molecule has 184 valence electrons. The van der Waals surface area contributed by atoms with Crippen LogP contribution in [0.4, 0.5) is 0 Å². The van der Waals surface area contributed by atoms with E-state index in [2.05, 4.69) is 26.1 Å². The Hall–Kier alpha value is -2.37. The third kappa shape index (κ3) is 7.57. The zero-order chi connectivity index (χ0) is 24.9. The first-order valence-electron chi connectivity index (χ1n) is 9.19. The van der Waals surface area contributed by atoms with E-state index in [-0.39, 0.29) is 58.4 Å². The van der Waals surface area contributed by atoms with Gasteiger partial charge in [0.05, 0.1) is 9.79 Å². The van der Waals surface area contributed by atoms with Gasteiger partial charge in [-0.2, -0.15) is 8.42 Å². The van der Waals surface area contributed by atoms with E-state index in [0.717, 1.165) is 12.1 Å². The van der Waals surface area contributed by atoms with Crippen LogP contribution in [0.15, 0.2) is 82.7 Å². The van der Waals surface area contributed by atoms with Crippen LogP contribution in [0.1, 0.15) is 0 Å². The molecule has 0 unspecified atom stereocenters. The molecule has 0 spiro atoms. The van der Waals surface area contributed by atoms with Gasteiger partial charge in [0.15, 0.2) is 0 Å². The van der Waals surface area contributed by atoms with Crippen LogP contribution in [0, 0.1) is 0 Å². The van der Waals surface area contributed by atoms with Crippen LogP contribution >= 0.6 is 12.4 Å². The molecular weight excluding hydrogens is 545 g/mol. The molecule has 0 atom stereocenters. The Morgan fingerprint density at radius 1 is 0.750 bits per heavy atom. The SMILES string of the molecule is Cl.NO.O=S(=O)([O-])c1ccc(-c2nnc(-c3ccccn3)nc2-c2ccc(S(=O)(=O)O)cc2)cc1.[Na+]. The predicted octanol–water partition coefficient (Wildman–Crippen LogP) is -0.821. The summed E-state index contributed by atoms with van der Waals surface area (Å²) in [6.07, 6.45) is 1.56. The monoisotopic (exact) mass is 561 g/mol. The molecule has 4 N–H and O–H groups in total. The van der Waals surface area contributed by atoms with Gasteiger partial charge in [-0.25, -0.2) is 19.3 Å². The molecular formula is C20H17ClN5NaO7S2. The third-order valence-corrected chi connectivity index (χ3v) is 6.14. The van der Waals surface area contributed by atoms with Crippen molar-refractivity contribution in [3.63, 3.8) is 0 Å². The van der Waals surface area contributed by atoms with E-state index in [9.17, 15) is 25.9 Å². The van der Waals surface area contributed by atoms with Crippen LogP contribution in [0.2, 0.25) is 0 Å². The van der Waals surface area contributed by atoms with E-state index in [1.54, 1.807) is 24.4 Å². The second-order valence-corrected chi connectivity index (χ2v) is 9.33. The zero-order valence-corrected chi connectivity index (χ0v) is 22.9. The maximum Gasteiger partial charge on any atom is 1.00 e. The van der Waals surface area contributed by atoms with Crippen LogP contribution in [0.3, 0.4) is 0 Å². The standard InChI is InChI=1S/C20H14N4O6S2.ClH.H3NO.Na/c25-31(26,27)15-8-4-13(5-9-15)18-19(14-6-10-16(11-7-14)32(28,29)30)23-24-20(22-18)17-3-1-2-12-21-17;;1-2;/h1-12H,(H,25,26,27)(H,28,29,30);1H;2H,1H2;/q;;;+1/p-1. The zero-order valence-electron chi connectivity index (χ0n) is 18.5. The van der Waals surface area contributed by atoms with Gasteiger partial charge in [0.25, 0.3) is 10.1 Å². The molecule has 0 amide bonds. The Morgan fingerprint density at radius 2 is 1.28 bits per heavy atom. The minimum Gasteiger partial charge on any atom is -0.744 e. The van der Waals surface area contributed by atoms with Crippen molar-refractivity contribution < 1.29 is 60.7 Å². The Kier molecular flexibility index (Phi) is 11.7. The molecule has 36 heavy (non-hydrogen) atoms. The number of nitrogens with two attached hydrogens (primary N) is 1. The smallest absolute Gasteiger partial charge is 0.744 e. The summed E-state index contributed by atoms with van der Waals surface area (Å²) in [6.45, 7) is 0. The van der Waals surface area contributed by atoms with Crippen LogP contribution in [-0.4, -0.2) is 51.3 Å². The minimum atomic E-state index is -4.62. The van der Waals surface area contributed by atoms with Crippen molar-refractivity contribution in [2.24, 2.45) is 5.90 Å². The Morgan fingerprint density at radius 3 is 1.75 bits per heavy atom. The van der Waals surface area contributed by atoms with Gasteiger partial charge in [-0.3, -0.25) is 9.54 Å². The number of nitrogens with zero attached hydrogens (tertiary/aromatic N) is 4. The second kappa shape index (κ2) is 13.3. The normalized spacial score (nSPS) is 10.8. The molecule has 2 aromatic heterocycles. The van der Waals surface area contributed by atoms with Gasteiger partial charge in [-0.05, 0) is 36.4 Å². The summed E-state index contributed by atoms with van der Waals surface area (Å²) in [5, 5.41) is 14.8. The molecule has 0 saturated heterocycles. The number of rotatable bonds is 5. The fraction of sp³-hybridized carbons (Fsp3) is 0. The maximum atomic E-state index is 11.4. The van der Waals surface area contributed by atoms with Crippen molar-refractivity contribution in [1.29, 1.82) is 0 Å². The van der Waals surface area contributed by atoms with Gasteiger partial charge in [-0.15, -0.1) is 22.6 Å². The largest absolute Gasteiger partial charge is 1.00 e. The van der Waals surface area contributed by atoms with E-state index in [1.165, 1.54) is 36.4 Å². The number of hydrogen-bond acceptors (Lipinski definition) is 11. The van der Waals surface area contributed by atoms with E-state index >= 15 is 0 Å². The summed E-state index contributed by atoms with van der Waals surface area (Å²) < 4.78 is 65.6. The van der Waals surface area contributed by atoms with Gasteiger partial charge >= 0.3 is 29.6 Å². The first-order valence-corrected chi connectivity index (χ1v) is 12.0. The maximum absolute atomic E-state index is 11.4. The van der Waals surface area contributed by atoms with Crippen LogP contribution in [0.5, 0.6) is 0 Å². The van der Waals surface area contributed by atoms with E-state index < -0.39 is 25.1 Å². The molecule has 0 bridgehead atoms. The van der Waals surface area contributed by atoms with Crippen molar-refractivity contribution in [3.8, 4) is 34.0 Å². The number of halogens is 1. The van der Waals surface area contributed by atoms with Gasteiger partial charge in [-0.1, -0.05) is 30.3 Å². The minimum absolute atomic E-state index is 0. The van der Waals surface area contributed by atoms with Gasteiger partial charge in [0.2, 0.25) is 5.82 Å². The number of aromatic nitrogens is 4. The summed E-state index contributed by atoms with van der Waals surface area (Å²) in [6, 6.07) is 15.6. The van der Waals surface area contributed by atoms with Crippen molar-refractivity contribution in [3.05, 3.63) is 72.9 Å². The quantitative estimate of drug-likeness (QED) is 0.155. The fourth-order valence-corrected chi connectivity index (χ4v) is 3.84. The average Bonchev–Trinajstić information content (AvgIpc) is 2.84. The molecule has 0 saturated carbocycles. The molecule has 2 aromatic carbocycles. The van der Waals surface area contributed by atoms with Crippen LogP contribution in [0.25, 0.3) is 34.0 Å². The molecule has 0 radical (unpaired) electrons. The molecule has 4 rings (SSSR count). The van der Waals surface area contributed by atoms with Crippen molar-refractivity contribution in [2.75, 3.05) is 0 Å². The summed E-state index contributed by atoms with van der Waals surface area (Å²) >= 11 is 0. The number of hydrogen-bond donors (Lipinski definition) is 3. The second-order valence-electron chi connectivity index (χ2n) is 6.53. The third-order valence-electron chi connectivity index (χ3n) is 4.42.